The maximum absolute atomic E-state index is 10.9. The third kappa shape index (κ3) is 4.53. The van der Waals surface area contributed by atoms with Crippen molar-refractivity contribution in [3.05, 3.63) is 12.2 Å². The Morgan fingerprint density at radius 3 is 2.83 bits per heavy atom. The molecule has 0 bridgehead atoms. The average Bonchev–Trinajstić information content (AvgIpc) is 2.05. The molecule has 0 atom stereocenters. The zero-order chi connectivity index (χ0) is 9.40. The highest BCUT2D eigenvalue weighted by molar-refractivity contribution is 5.87. The standard InChI is InChI=1S/C9H12O3/c1-4-6-11-7-8(3)9(10)12-5-2/h1H,3,5-7H2,2H3. The molecule has 0 aromatic heterocycles. The lowest BCUT2D eigenvalue weighted by molar-refractivity contribution is -0.139. The summed E-state index contributed by atoms with van der Waals surface area (Å²) in [6, 6.07) is 0. The predicted octanol–water partition coefficient (Wildman–Crippen LogP) is 0.755. The smallest absolute Gasteiger partial charge is 0.335 e. The van der Waals surface area contributed by atoms with Gasteiger partial charge in [-0.05, 0) is 6.92 Å². The first-order chi connectivity index (χ1) is 5.72. The van der Waals surface area contributed by atoms with E-state index in [0.29, 0.717) is 6.61 Å². The Kier molecular flexibility index (Phi) is 5.76. The van der Waals surface area contributed by atoms with Crippen molar-refractivity contribution in [2.45, 2.75) is 6.92 Å². The van der Waals surface area contributed by atoms with E-state index in [1.165, 1.54) is 0 Å². The van der Waals surface area contributed by atoms with Crippen LogP contribution in [0.5, 0.6) is 0 Å². The van der Waals surface area contributed by atoms with Gasteiger partial charge in [-0.2, -0.15) is 0 Å². The molecule has 66 valence electrons. The van der Waals surface area contributed by atoms with Gasteiger partial charge in [0.1, 0.15) is 6.61 Å². The average molecular weight is 168 g/mol. The van der Waals surface area contributed by atoms with Gasteiger partial charge in [-0.25, -0.2) is 4.79 Å². The first-order valence-corrected chi connectivity index (χ1v) is 3.58. The second kappa shape index (κ2) is 6.44. The van der Waals surface area contributed by atoms with Crippen molar-refractivity contribution >= 4 is 5.97 Å². The first-order valence-electron chi connectivity index (χ1n) is 3.58. The zero-order valence-corrected chi connectivity index (χ0v) is 7.13. The van der Waals surface area contributed by atoms with Gasteiger partial charge in [-0.1, -0.05) is 12.5 Å². The van der Waals surface area contributed by atoms with Gasteiger partial charge in [-0.15, -0.1) is 6.42 Å². The van der Waals surface area contributed by atoms with Crippen LogP contribution in [-0.2, 0) is 14.3 Å². The van der Waals surface area contributed by atoms with Crippen molar-refractivity contribution in [1.29, 1.82) is 0 Å². The molecule has 0 aromatic carbocycles. The van der Waals surface area contributed by atoms with Crippen LogP contribution in [-0.4, -0.2) is 25.8 Å². The highest BCUT2D eigenvalue weighted by atomic mass is 16.5. The number of terminal acetylenes is 1. The number of rotatable bonds is 5. The van der Waals surface area contributed by atoms with Crippen LogP contribution in [0.4, 0.5) is 0 Å². The van der Waals surface area contributed by atoms with Crippen molar-refractivity contribution in [2.24, 2.45) is 0 Å². The molecule has 0 rings (SSSR count). The van der Waals surface area contributed by atoms with Gasteiger partial charge in [-0.3, -0.25) is 0 Å². The Labute approximate surface area is 72.4 Å². The maximum Gasteiger partial charge on any atom is 0.335 e. The molecule has 0 fully saturated rings. The second-order valence-corrected chi connectivity index (χ2v) is 2.02. The largest absolute Gasteiger partial charge is 0.463 e. The molecule has 0 saturated heterocycles. The van der Waals surface area contributed by atoms with Crippen molar-refractivity contribution in [2.75, 3.05) is 19.8 Å². The summed E-state index contributed by atoms with van der Waals surface area (Å²) < 4.78 is 9.54. The van der Waals surface area contributed by atoms with Gasteiger partial charge in [0, 0.05) is 0 Å². The van der Waals surface area contributed by atoms with E-state index in [1.807, 2.05) is 0 Å². The summed E-state index contributed by atoms with van der Waals surface area (Å²) in [6.45, 7) is 5.85. The van der Waals surface area contributed by atoms with Gasteiger partial charge >= 0.3 is 5.97 Å². The minimum absolute atomic E-state index is 0.128. The molecule has 3 nitrogen and oxygen atoms in total. The Hall–Kier alpha value is -1.27. The molecule has 0 heterocycles. The molecule has 0 N–H and O–H groups in total. The molecule has 0 aromatic rings. The van der Waals surface area contributed by atoms with Crippen LogP contribution in [0.25, 0.3) is 0 Å². The van der Waals surface area contributed by atoms with Gasteiger partial charge in [0.05, 0.1) is 18.8 Å². The summed E-state index contributed by atoms with van der Waals surface area (Å²) in [5.74, 6) is 1.84. The fourth-order valence-electron chi connectivity index (χ4n) is 0.525. The van der Waals surface area contributed by atoms with Crippen LogP contribution in [0, 0.1) is 12.3 Å². The van der Waals surface area contributed by atoms with Gasteiger partial charge in [0.15, 0.2) is 0 Å². The summed E-state index contributed by atoms with van der Waals surface area (Å²) in [7, 11) is 0. The monoisotopic (exact) mass is 168 g/mol. The normalized spacial score (nSPS) is 8.67. The molecular weight excluding hydrogens is 156 g/mol. The van der Waals surface area contributed by atoms with Gasteiger partial charge < -0.3 is 9.47 Å². The minimum atomic E-state index is -0.436. The van der Waals surface area contributed by atoms with E-state index < -0.39 is 5.97 Å². The highest BCUT2D eigenvalue weighted by Gasteiger charge is 2.06. The Bertz CT molecular complexity index is 200. The van der Waals surface area contributed by atoms with E-state index in [1.54, 1.807) is 6.92 Å². The van der Waals surface area contributed by atoms with E-state index in [-0.39, 0.29) is 18.8 Å². The topological polar surface area (TPSA) is 35.5 Å². The third-order valence-electron chi connectivity index (χ3n) is 1.03. The maximum atomic E-state index is 10.9. The predicted molar refractivity (Wildman–Crippen MR) is 45.4 cm³/mol. The molecule has 0 unspecified atom stereocenters. The van der Waals surface area contributed by atoms with Crippen LogP contribution in [0.15, 0.2) is 12.2 Å². The number of carbonyl (C=O) groups is 1. The summed E-state index contributed by atoms with van der Waals surface area (Å²) in [6.07, 6.45) is 4.93. The molecule has 0 aliphatic rings. The lowest BCUT2D eigenvalue weighted by atomic mass is 10.3. The Morgan fingerprint density at radius 1 is 1.67 bits per heavy atom. The molecule has 0 spiro atoms. The number of hydrogen-bond acceptors (Lipinski definition) is 3. The fourth-order valence-corrected chi connectivity index (χ4v) is 0.525. The third-order valence-corrected chi connectivity index (χ3v) is 1.03. The second-order valence-electron chi connectivity index (χ2n) is 2.02. The molecule has 3 heteroatoms. The lowest BCUT2D eigenvalue weighted by Gasteiger charge is -2.03. The first kappa shape index (κ1) is 10.7. The van der Waals surface area contributed by atoms with Gasteiger partial charge in [0.2, 0.25) is 0 Å². The molecule has 0 radical (unpaired) electrons. The number of esters is 1. The van der Waals surface area contributed by atoms with Gasteiger partial charge in [0.25, 0.3) is 0 Å². The van der Waals surface area contributed by atoms with E-state index in [4.69, 9.17) is 11.2 Å². The molecule has 12 heavy (non-hydrogen) atoms. The number of hydrogen-bond donors (Lipinski definition) is 0. The number of carbonyl (C=O) groups excluding carboxylic acids is 1. The SMILES string of the molecule is C#CCOCC(=C)C(=O)OCC. The van der Waals surface area contributed by atoms with Crippen molar-refractivity contribution in [3.8, 4) is 12.3 Å². The summed E-state index contributed by atoms with van der Waals surface area (Å²) in [4.78, 5) is 10.9. The molecule has 0 saturated carbocycles. The Morgan fingerprint density at radius 2 is 2.33 bits per heavy atom. The van der Waals surface area contributed by atoms with E-state index in [2.05, 4.69) is 17.2 Å². The van der Waals surface area contributed by atoms with Crippen LogP contribution in [0.3, 0.4) is 0 Å². The molecule has 0 aliphatic carbocycles. The van der Waals surface area contributed by atoms with Crippen molar-refractivity contribution in [1.82, 2.24) is 0 Å². The molecule has 0 amide bonds. The molecule has 0 aliphatic heterocycles. The number of ether oxygens (including phenoxy) is 2. The quantitative estimate of drug-likeness (QED) is 0.263. The van der Waals surface area contributed by atoms with E-state index in [0.717, 1.165) is 0 Å². The summed E-state index contributed by atoms with van der Waals surface area (Å²) in [5.41, 5.74) is 0.284. The van der Waals surface area contributed by atoms with Crippen LogP contribution in [0.2, 0.25) is 0 Å². The lowest BCUT2D eigenvalue weighted by Crippen LogP contribution is -2.11. The van der Waals surface area contributed by atoms with Crippen LogP contribution in [0.1, 0.15) is 6.92 Å². The summed E-state index contributed by atoms with van der Waals surface area (Å²) in [5, 5.41) is 0. The fraction of sp³-hybridized carbons (Fsp3) is 0.444. The van der Waals surface area contributed by atoms with Crippen LogP contribution >= 0.6 is 0 Å². The minimum Gasteiger partial charge on any atom is -0.463 e. The molecular formula is C9H12O3. The van der Waals surface area contributed by atoms with E-state index in [9.17, 15) is 4.79 Å². The zero-order valence-electron chi connectivity index (χ0n) is 7.13. The van der Waals surface area contributed by atoms with Crippen molar-refractivity contribution < 1.29 is 14.3 Å². The van der Waals surface area contributed by atoms with Crippen LogP contribution < -0.4 is 0 Å². The highest BCUT2D eigenvalue weighted by Crippen LogP contribution is 1.95. The van der Waals surface area contributed by atoms with E-state index >= 15 is 0 Å². The summed E-state index contributed by atoms with van der Waals surface area (Å²) >= 11 is 0. The van der Waals surface area contributed by atoms with Crippen molar-refractivity contribution in [3.63, 3.8) is 0 Å². The Balaban J connectivity index is 3.59.